The second-order valence-electron chi connectivity index (χ2n) is 9.92. The third-order valence-corrected chi connectivity index (χ3v) is 7.34. The Hall–Kier alpha value is -5.16. The molecule has 1 aliphatic heterocycles. The lowest BCUT2D eigenvalue weighted by molar-refractivity contribution is 0.0251. The van der Waals surface area contributed by atoms with Gasteiger partial charge in [-0.2, -0.15) is 0 Å². The number of rotatable bonds is 6. The van der Waals surface area contributed by atoms with Crippen molar-refractivity contribution in [2.75, 3.05) is 0 Å². The Labute approximate surface area is 232 Å². The summed E-state index contributed by atoms with van der Waals surface area (Å²) in [4.78, 5) is 25.8. The van der Waals surface area contributed by atoms with Gasteiger partial charge in [0.25, 0.3) is 0 Å². The van der Waals surface area contributed by atoms with Gasteiger partial charge in [0.15, 0.2) is 11.4 Å². The quantitative estimate of drug-likeness (QED) is 0.183. The number of aromatic hydroxyl groups is 1. The van der Waals surface area contributed by atoms with Crippen molar-refractivity contribution in [1.29, 1.82) is 0 Å². The van der Waals surface area contributed by atoms with E-state index in [1.807, 2.05) is 74.5 Å². The third-order valence-electron chi connectivity index (χ3n) is 7.34. The molecule has 0 radical (unpaired) electrons. The molecule has 40 heavy (non-hydrogen) atoms. The van der Waals surface area contributed by atoms with E-state index in [9.17, 15) is 14.7 Å². The van der Waals surface area contributed by atoms with Crippen molar-refractivity contribution in [3.8, 4) is 17.2 Å². The number of cyclic esters (lactones) is 1. The molecule has 0 aromatic heterocycles. The number of aryl methyl sites for hydroxylation is 2. The molecule has 5 heteroatoms. The van der Waals surface area contributed by atoms with Crippen LogP contribution in [0.1, 0.15) is 54.1 Å². The molecule has 0 saturated heterocycles. The Morgan fingerprint density at radius 3 is 2.05 bits per heavy atom. The summed E-state index contributed by atoms with van der Waals surface area (Å²) < 4.78 is 12.4. The SMILES string of the molecule is Cc1cc(C2(c3ccc(Oc4ccc(C(=O)c5ccccc5)cc4)c(C)c3)OC(=O)c3ccccc32)ccc1O. The van der Waals surface area contributed by atoms with E-state index in [-0.39, 0.29) is 11.5 Å². The van der Waals surface area contributed by atoms with E-state index < -0.39 is 11.6 Å². The van der Waals surface area contributed by atoms with Crippen molar-refractivity contribution in [2.45, 2.75) is 19.4 Å². The fourth-order valence-corrected chi connectivity index (χ4v) is 5.23. The second kappa shape index (κ2) is 9.86. The predicted octanol–water partition coefficient (Wildman–Crippen LogP) is 7.49. The van der Waals surface area contributed by atoms with Crippen molar-refractivity contribution in [3.63, 3.8) is 0 Å². The number of phenolic OH excluding ortho intramolecular Hbond substituents is 1. The molecular weight excluding hydrogens is 500 g/mol. The first-order valence-electron chi connectivity index (χ1n) is 13.0. The highest BCUT2D eigenvalue weighted by atomic mass is 16.6. The number of carbonyl (C=O) groups excluding carboxylic acids is 2. The number of hydrogen-bond donors (Lipinski definition) is 1. The maximum absolute atomic E-state index is 13.0. The molecule has 5 aromatic carbocycles. The van der Waals surface area contributed by atoms with Crippen LogP contribution >= 0.6 is 0 Å². The van der Waals surface area contributed by atoms with E-state index in [1.54, 1.807) is 54.6 Å². The van der Waals surface area contributed by atoms with Gasteiger partial charge in [0.2, 0.25) is 0 Å². The summed E-state index contributed by atoms with van der Waals surface area (Å²) in [5.41, 5.74) is 4.34. The van der Waals surface area contributed by atoms with Crippen molar-refractivity contribution in [2.24, 2.45) is 0 Å². The van der Waals surface area contributed by atoms with E-state index in [2.05, 4.69) is 0 Å². The molecule has 0 bridgehead atoms. The Bertz CT molecular complexity index is 1760. The minimum Gasteiger partial charge on any atom is -0.508 e. The fraction of sp³-hybridized carbons (Fsp3) is 0.0857. The van der Waals surface area contributed by atoms with Crippen molar-refractivity contribution in [1.82, 2.24) is 0 Å². The van der Waals surface area contributed by atoms with Crippen LogP contribution in [0.3, 0.4) is 0 Å². The number of ether oxygens (including phenoxy) is 2. The summed E-state index contributed by atoms with van der Waals surface area (Å²) in [5.74, 6) is 0.966. The summed E-state index contributed by atoms with van der Waals surface area (Å²) in [5, 5.41) is 10.2. The predicted molar refractivity (Wildman–Crippen MR) is 152 cm³/mol. The summed E-state index contributed by atoms with van der Waals surface area (Å²) in [6, 6.07) is 34.6. The zero-order valence-electron chi connectivity index (χ0n) is 22.0. The van der Waals surface area contributed by atoms with Crippen molar-refractivity contribution >= 4 is 11.8 Å². The van der Waals surface area contributed by atoms with E-state index in [4.69, 9.17) is 9.47 Å². The molecular formula is C35H26O5. The van der Waals surface area contributed by atoms with Gasteiger partial charge in [0.05, 0.1) is 5.56 Å². The molecule has 5 aromatic rings. The van der Waals surface area contributed by atoms with Gasteiger partial charge in [-0.15, -0.1) is 0 Å². The summed E-state index contributed by atoms with van der Waals surface area (Å²) in [7, 11) is 0. The number of hydrogen-bond acceptors (Lipinski definition) is 5. The largest absolute Gasteiger partial charge is 0.508 e. The number of carbonyl (C=O) groups is 2. The Morgan fingerprint density at radius 2 is 1.35 bits per heavy atom. The van der Waals surface area contributed by atoms with E-state index in [0.717, 1.165) is 22.3 Å². The highest BCUT2D eigenvalue weighted by Crippen LogP contribution is 2.48. The standard InChI is InChI=1S/C35H26O5/c1-22-20-26(14-18-31(22)36)35(30-11-7-6-10-29(30)34(38)40-35)27-15-19-32(23(2)21-27)39-28-16-12-25(13-17-28)33(37)24-8-4-3-5-9-24/h3-21,36H,1-2H3. The molecule has 196 valence electrons. The van der Waals surface area contributed by atoms with Crippen LogP contribution in [0.4, 0.5) is 0 Å². The molecule has 1 atom stereocenters. The molecule has 1 unspecified atom stereocenters. The first kappa shape index (κ1) is 25.1. The van der Waals surface area contributed by atoms with Crippen LogP contribution < -0.4 is 4.74 Å². The lowest BCUT2D eigenvalue weighted by atomic mass is 9.79. The molecule has 0 amide bonds. The minimum absolute atomic E-state index is 0.0474. The Kier molecular flexibility index (Phi) is 6.20. The van der Waals surface area contributed by atoms with E-state index >= 15 is 0 Å². The molecule has 1 heterocycles. The van der Waals surface area contributed by atoms with Gasteiger partial charge in [-0.3, -0.25) is 4.79 Å². The third kappa shape index (κ3) is 4.22. The molecule has 0 saturated carbocycles. The van der Waals surface area contributed by atoms with Crippen LogP contribution in [0.15, 0.2) is 115 Å². The summed E-state index contributed by atoms with van der Waals surface area (Å²) in [6.45, 7) is 3.75. The van der Waals surface area contributed by atoms with Gasteiger partial charge in [-0.25, -0.2) is 4.79 Å². The average Bonchev–Trinajstić information content (AvgIpc) is 3.29. The summed E-state index contributed by atoms with van der Waals surface area (Å²) in [6.07, 6.45) is 0. The molecule has 0 aliphatic carbocycles. The monoisotopic (exact) mass is 526 g/mol. The van der Waals surface area contributed by atoms with Crippen molar-refractivity contribution in [3.05, 3.63) is 160 Å². The van der Waals surface area contributed by atoms with Crippen LogP contribution in [-0.4, -0.2) is 16.9 Å². The van der Waals surface area contributed by atoms with Gasteiger partial charge >= 0.3 is 5.97 Å². The number of fused-ring (bicyclic) bond motifs is 1. The van der Waals surface area contributed by atoms with E-state index in [0.29, 0.717) is 33.8 Å². The molecule has 0 spiro atoms. The smallest absolute Gasteiger partial charge is 0.340 e. The van der Waals surface area contributed by atoms with Crippen LogP contribution in [0, 0.1) is 13.8 Å². The highest BCUT2D eigenvalue weighted by Gasteiger charge is 2.48. The maximum atomic E-state index is 13.0. The topological polar surface area (TPSA) is 72.8 Å². The number of esters is 1. The van der Waals surface area contributed by atoms with E-state index in [1.165, 1.54) is 0 Å². The van der Waals surface area contributed by atoms with Crippen molar-refractivity contribution < 1.29 is 24.2 Å². The Balaban J connectivity index is 1.35. The Morgan fingerprint density at radius 1 is 0.725 bits per heavy atom. The van der Waals surface area contributed by atoms with Gasteiger partial charge < -0.3 is 14.6 Å². The first-order valence-corrected chi connectivity index (χ1v) is 13.0. The van der Waals surface area contributed by atoms with Gasteiger partial charge in [-0.05, 0) is 79.6 Å². The zero-order valence-corrected chi connectivity index (χ0v) is 22.0. The fourth-order valence-electron chi connectivity index (χ4n) is 5.23. The average molecular weight is 527 g/mol. The molecule has 6 rings (SSSR count). The molecule has 1 aliphatic rings. The first-order chi connectivity index (χ1) is 19.4. The van der Waals surface area contributed by atoms with Gasteiger partial charge in [0.1, 0.15) is 17.2 Å². The second-order valence-corrected chi connectivity index (χ2v) is 9.92. The highest BCUT2D eigenvalue weighted by molar-refractivity contribution is 6.09. The summed E-state index contributed by atoms with van der Waals surface area (Å²) >= 11 is 0. The van der Waals surface area contributed by atoms with Gasteiger partial charge in [-0.1, -0.05) is 60.7 Å². The van der Waals surface area contributed by atoms with Crippen LogP contribution in [-0.2, 0) is 10.3 Å². The lowest BCUT2D eigenvalue weighted by Crippen LogP contribution is -2.29. The lowest BCUT2D eigenvalue weighted by Gasteiger charge is -2.31. The number of phenols is 1. The minimum atomic E-state index is -1.17. The molecule has 0 fully saturated rings. The van der Waals surface area contributed by atoms with Gasteiger partial charge in [0, 0.05) is 27.8 Å². The maximum Gasteiger partial charge on any atom is 0.340 e. The number of ketones is 1. The molecule has 5 nitrogen and oxygen atoms in total. The van der Waals surface area contributed by atoms with Crippen LogP contribution in [0.2, 0.25) is 0 Å². The van der Waals surface area contributed by atoms with Crippen LogP contribution in [0.25, 0.3) is 0 Å². The number of benzene rings is 5. The zero-order chi connectivity index (χ0) is 27.9. The normalized spacial score (nSPS) is 15.8. The molecule has 1 N–H and O–H groups in total. The van der Waals surface area contributed by atoms with Crippen LogP contribution in [0.5, 0.6) is 17.2 Å².